The van der Waals surface area contributed by atoms with E-state index in [4.69, 9.17) is 27.9 Å². The first-order chi connectivity index (χ1) is 19.9. The molecule has 41 heavy (non-hydrogen) atoms. The van der Waals surface area contributed by atoms with Gasteiger partial charge in [0.25, 0.3) is 11.8 Å². The Morgan fingerprint density at radius 2 is 1.46 bits per heavy atom. The Hall–Kier alpha value is -4.39. The summed E-state index contributed by atoms with van der Waals surface area (Å²) in [6, 6.07) is 31.5. The lowest BCUT2D eigenvalue weighted by molar-refractivity contribution is -0.132. The molecule has 0 bridgehead atoms. The van der Waals surface area contributed by atoms with Crippen LogP contribution in [0.2, 0.25) is 10.0 Å². The summed E-state index contributed by atoms with van der Waals surface area (Å²) in [5.74, 6) is -0.620. The molecular weight excluding hydrogens is 557 g/mol. The van der Waals surface area contributed by atoms with E-state index in [0.717, 1.165) is 32.7 Å². The molecule has 0 fully saturated rings. The molecule has 0 aliphatic rings. The lowest BCUT2D eigenvalue weighted by atomic mass is 9.97. The number of nitrogens with one attached hydrogen (secondary N) is 2. The second kappa shape index (κ2) is 12.9. The number of amides is 2. The summed E-state index contributed by atoms with van der Waals surface area (Å²) in [5, 5.41) is 12.0. The molecule has 0 heterocycles. The van der Waals surface area contributed by atoms with Crippen LogP contribution in [0.25, 0.3) is 21.5 Å². The Labute approximate surface area is 247 Å². The van der Waals surface area contributed by atoms with E-state index in [0.29, 0.717) is 10.8 Å². The maximum absolute atomic E-state index is 13.4. The number of hydrogen-bond donors (Lipinski definition) is 2. The minimum Gasteiger partial charge on any atom is -0.479 e. The van der Waals surface area contributed by atoms with Crippen LogP contribution < -0.4 is 15.5 Å². The fourth-order valence-electron chi connectivity index (χ4n) is 4.59. The van der Waals surface area contributed by atoms with Gasteiger partial charge in [-0.15, -0.1) is 0 Å². The Balaban J connectivity index is 1.35. The van der Waals surface area contributed by atoms with Gasteiger partial charge in [-0.05, 0) is 58.3 Å². The number of hydrogen-bond acceptors (Lipinski definition) is 4. The predicted molar refractivity (Wildman–Crippen MR) is 166 cm³/mol. The van der Waals surface area contributed by atoms with Crippen LogP contribution in [0.15, 0.2) is 108 Å². The maximum atomic E-state index is 13.4. The molecule has 0 radical (unpaired) electrons. The zero-order valence-corrected chi connectivity index (χ0v) is 23.7. The third-order valence-corrected chi connectivity index (χ3v) is 7.19. The van der Waals surface area contributed by atoms with E-state index in [2.05, 4.69) is 21.9 Å². The molecule has 8 heteroatoms. The fourth-order valence-corrected chi connectivity index (χ4v) is 5.04. The topological polar surface area (TPSA) is 79.8 Å². The zero-order chi connectivity index (χ0) is 28.8. The van der Waals surface area contributed by atoms with Gasteiger partial charge in [0, 0.05) is 17.0 Å². The van der Waals surface area contributed by atoms with Crippen molar-refractivity contribution in [3.05, 3.63) is 124 Å². The zero-order valence-electron chi connectivity index (χ0n) is 22.2. The number of rotatable bonds is 9. The number of ether oxygens (including phenoxy) is 1. The van der Waals surface area contributed by atoms with Crippen molar-refractivity contribution in [2.45, 2.75) is 25.5 Å². The highest BCUT2D eigenvalue weighted by Gasteiger charge is 2.25. The molecule has 5 rings (SSSR count). The monoisotopic (exact) mass is 583 g/mol. The lowest BCUT2D eigenvalue weighted by Gasteiger charge is -2.21. The summed E-state index contributed by atoms with van der Waals surface area (Å²) >= 11 is 12.2. The van der Waals surface area contributed by atoms with E-state index < -0.39 is 24.0 Å². The second-order valence-corrected chi connectivity index (χ2v) is 10.4. The minimum atomic E-state index is -0.926. The smallest absolute Gasteiger partial charge is 0.262 e. The molecule has 0 saturated carbocycles. The van der Waals surface area contributed by atoms with Gasteiger partial charge in [0.05, 0.1) is 11.2 Å². The Bertz CT molecular complexity index is 1690. The molecule has 5 aromatic carbocycles. The standard InChI is InChI=1S/C33H27Cl2N3O3/c1-21(41-31-16-15-25(34)19-29(31)35)32(39)37-30(17-22-9-3-2-4-10-22)33(40)38-36-20-28-26-13-7-5-11-23(26)18-24-12-6-8-14-27(24)28/h2-16,18-21,30H,17H2,1H3,(H,37,39)(H,38,40)/b36-20-/t21-,30+/m1/s1. The summed E-state index contributed by atoms with van der Waals surface area (Å²) in [4.78, 5) is 26.5. The molecule has 2 N–H and O–H groups in total. The number of carbonyl (C=O) groups excluding carboxylic acids is 2. The van der Waals surface area contributed by atoms with Gasteiger partial charge >= 0.3 is 0 Å². The Morgan fingerprint density at radius 3 is 2.12 bits per heavy atom. The number of nitrogens with zero attached hydrogens (tertiary/aromatic N) is 1. The highest BCUT2D eigenvalue weighted by atomic mass is 35.5. The van der Waals surface area contributed by atoms with E-state index in [-0.39, 0.29) is 11.4 Å². The molecular formula is C33H27Cl2N3O3. The van der Waals surface area contributed by atoms with Gasteiger partial charge < -0.3 is 10.1 Å². The third kappa shape index (κ3) is 6.85. The lowest BCUT2D eigenvalue weighted by Crippen LogP contribution is -2.50. The normalized spacial score (nSPS) is 12.8. The van der Waals surface area contributed by atoms with Gasteiger partial charge in [-0.1, -0.05) is 102 Å². The van der Waals surface area contributed by atoms with Crippen molar-refractivity contribution in [1.29, 1.82) is 0 Å². The maximum Gasteiger partial charge on any atom is 0.262 e. The van der Waals surface area contributed by atoms with Gasteiger partial charge in [0.15, 0.2) is 6.10 Å². The highest BCUT2D eigenvalue weighted by molar-refractivity contribution is 6.35. The first-order valence-electron chi connectivity index (χ1n) is 13.1. The van der Waals surface area contributed by atoms with Gasteiger partial charge in [-0.3, -0.25) is 9.59 Å². The molecule has 0 aliphatic heterocycles. The van der Waals surface area contributed by atoms with Gasteiger partial charge in [0.2, 0.25) is 0 Å². The van der Waals surface area contributed by atoms with Gasteiger partial charge in [0.1, 0.15) is 11.8 Å². The molecule has 0 aliphatic carbocycles. The second-order valence-electron chi connectivity index (χ2n) is 9.55. The first kappa shape index (κ1) is 28.1. The van der Waals surface area contributed by atoms with Crippen molar-refractivity contribution in [2.75, 3.05) is 0 Å². The molecule has 206 valence electrons. The van der Waals surface area contributed by atoms with Crippen LogP contribution in [-0.4, -0.2) is 30.2 Å². The SMILES string of the molecule is C[C@@H](Oc1ccc(Cl)cc1Cl)C(=O)N[C@@H](Cc1ccccc1)C(=O)N/N=C\c1c2ccccc2cc2ccccc12. The van der Waals surface area contributed by atoms with Crippen molar-refractivity contribution in [2.24, 2.45) is 5.10 Å². The van der Waals surface area contributed by atoms with Crippen LogP contribution in [0, 0.1) is 0 Å². The highest BCUT2D eigenvalue weighted by Crippen LogP contribution is 2.29. The van der Waals surface area contributed by atoms with Crippen molar-refractivity contribution >= 4 is 62.8 Å². The van der Waals surface area contributed by atoms with Crippen molar-refractivity contribution < 1.29 is 14.3 Å². The van der Waals surface area contributed by atoms with Crippen molar-refractivity contribution in [3.8, 4) is 5.75 Å². The van der Waals surface area contributed by atoms with Crippen LogP contribution in [0.1, 0.15) is 18.1 Å². The Morgan fingerprint density at radius 1 is 0.829 bits per heavy atom. The molecule has 0 saturated heterocycles. The summed E-state index contributed by atoms with van der Waals surface area (Å²) in [5.41, 5.74) is 4.40. The van der Waals surface area contributed by atoms with Crippen LogP contribution in [0.3, 0.4) is 0 Å². The number of halogens is 2. The number of carbonyl (C=O) groups is 2. The summed E-state index contributed by atoms with van der Waals surface area (Å²) in [6.07, 6.45) is 0.989. The average Bonchev–Trinajstić information content (AvgIpc) is 2.98. The third-order valence-electron chi connectivity index (χ3n) is 6.66. The molecule has 0 spiro atoms. The summed E-state index contributed by atoms with van der Waals surface area (Å²) < 4.78 is 5.75. The Kier molecular flexibility index (Phi) is 8.82. The van der Waals surface area contributed by atoms with E-state index in [1.54, 1.807) is 25.3 Å². The van der Waals surface area contributed by atoms with Crippen LogP contribution in [-0.2, 0) is 16.0 Å². The number of hydrazone groups is 1. The van der Waals surface area contributed by atoms with E-state index >= 15 is 0 Å². The van der Waals surface area contributed by atoms with Crippen molar-refractivity contribution in [3.63, 3.8) is 0 Å². The number of benzene rings is 5. The summed E-state index contributed by atoms with van der Waals surface area (Å²) in [6.45, 7) is 1.58. The summed E-state index contributed by atoms with van der Waals surface area (Å²) in [7, 11) is 0. The van der Waals surface area contributed by atoms with E-state index in [1.807, 2.05) is 78.9 Å². The van der Waals surface area contributed by atoms with Gasteiger partial charge in [-0.2, -0.15) is 5.10 Å². The first-order valence-corrected chi connectivity index (χ1v) is 13.8. The fraction of sp³-hybridized carbons (Fsp3) is 0.121. The van der Waals surface area contributed by atoms with Gasteiger partial charge in [-0.25, -0.2) is 5.43 Å². The molecule has 2 amide bonds. The molecule has 5 aromatic rings. The van der Waals surface area contributed by atoms with E-state index in [9.17, 15) is 9.59 Å². The average molecular weight is 585 g/mol. The minimum absolute atomic E-state index is 0.263. The van der Waals surface area contributed by atoms with Crippen LogP contribution >= 0.6 is 23.2 Å². The van der Waals surface area contributed by atoms with Crippen LogP contribution in [0.5, 0.6) is 5.75 Å². The molecule has 6 nitrogen and oxygen atoms in total. The number of fused-ring (bicyclic) bond motifs is 2. The van der Waals surface area contributed by atoms with Crippen LogP contribution in [0.4, 0.5) is 0 Å². The predicted octanol–water partition coefficient (Wildman–Crippen LogP) is 6.94. The van der Waals surface area contributed by atoms with Crippen molar-refractivity contribution in [1.82, 2.24) is 10.7 Å². The quantitative estimate of drug-likeness (QED) is 0.112. The molecule has 0 unspecified atom stereocenters. The molecule has 0 aromatic heterocycles. The van der Waals surface area contributed by atoms with E-state index in [1.165, 1.54) is 6.07 Å². The molecule has 2 atom stereocenters. The largest absolute Gasteiger partial charge is 0.479 e.